The van der Waals surface area contributed by atoms with Crippen LogP contribution in [0.2, 0.25) is 0 Å². The molecule has 0 unspecified atom stereocenters. The van der Waals surface area contributed by atoms with Gasteiger partial charge in [-0.25, -0.2) is 0 Å². The summed E-state index contributed by atoms with van der Waals surface area (Å²) in [5, 5.41) is 1.91. The molecule has 4 rings (SSSR count). The highest BCUT2D eigenvalue weighted by molar-refractivity contribution is 8.18. The summed E-state index contributed by atoms with van der Waals surface area (Å²) >= 11 is 0.872. The van der Waals surface area contributed by atoms with E-state index in [-0.39, 0.29) is 10.8 Å². The van der Waals surface area contributed by atoms with Crippen molar-refractivity contribution in [2.75, 3.05) is 0 Å². The molecule has 1 heterocycles. The van der Waals surface area contributed by atoms with E-state index in [0.717, 1.165) is 46.9 Å². The number of imide groups is 1. The third-order valence-corrected chi connectivity index (χ3v) is 7.52. The molecule has 2 amide bonds. The normalized spacial score (nSPS) is 19.9. The van der Waals surface area contributed by atoms with Crippen molar-refractivity contribution in [2.45, 2.75) is 65.2 Å². The van der Waals surface area contributed by atoms with Gasteiger partial charge < -0.3 is 4.74 Å². The van der Waals surface area contributed by atoms with Crippen molar-refractivity contribution >= 4 is 35.0 Å². The van der Waals surface area contributed by atoms with Crippen molar-refractivity contribution in [1.82, 2.24) is 5.32 Å². The fourth-order valence-corrected chi connectivity index (χ4v) is 5.42. The summed E-state index contributed by atoms with van der Waals surface area (Å²) in [6.45, 7) is 12.6. The lowest BCUT2D eigenvalue weighted by molar-refractivity contribution is -0.131. The van der Waals surface area contributed by atoms with Gasteiger partial charge in [0, 0.05) is 12.5 Å². The van der Waals surface area contributed by atoms with Gasteiger partial charge in [0.25, 0.3) is 11.1 Å². The number of fused-ring (bicyclic) bond motifs is 1. The summed E-state index contributed by atoms with van der Waals surface area (Å²) in [7, 11) is 0. The standard InChI is InChI=1S/C27H29NO4S/c1-15-12-19-20(27(5,6)11-10-26(19,3)4)14-18(15)23-17(8-7-9-21(23)32-16(2)29)13-22-24(30)28-25(31)33-22/h7-9,12-14H,10-11H2,1-6H3,(H,28,30,31). The average Bonchev–Trinajstić information content (AvgIpc) is 3.02. The molecule has 2 aromatic carbocycles. The summed E-state index contributed by atoms with van der Waals surface area (Å²) in [5.74, 6) is -0.400. The molecule has 1 N–H and O–H groups in total. The Kier molecular flexibility index (Phi) is 5.77. The first-order valence-electron chi connectivity index (χ1n) is 11.1. The van der Waals surface area contributed by atoms with E-state index in [4.69, 9.17) is 4.74 Å². The summed E-state index contributed by atoms with van der Waals surface area (Å²) in [6.07, 6.45) is 3.89. The van der Waals surface area contributed by atoms with Gasteiger partial charge in [-0.15, -0.1) is 0 Å². The number of aryl methyl sites for hydroxylation is 1. The maximum atomic E-state index is 12.2. The Hall–Kier alpha value is -2.86. The molecule has 0 bridgehead atoms. The first-order valence-corrected chi connectivity index (χ1v) is 11.9. The molecule has 0 aromatic heterocycles. The maximum absolute atomic E-state index is 12.2. The van der Waals surface area contributed by atoms with E-state index in [1.54, 1.807) is 18.2 Å². The topological polar surface area (TPSA) is 72.5 Å². The summed E-state index contributed by atoms with van der Waals surface area (Å²) < 4.78 is 5.60. The van der Waals surface area contributed by atoms with Gasteiger partial charge in [0.2, 0.25) is 0 Å². The lowest BCUT2D eigenvalue weighted by Gasteiger charge is -2.42. The second-order valence-electron chi connectivity index (χ2n) is 10.1. The molecular formula is C27H29NO4S. The Balaban J connectivity index is 1.99. The van der Waals surface area contributed by atoms with Crippen LogP contribution in [0.4, 0.5) is 4.79 Å². The molecule has 0 saturated carbocycles. The number of rotatable bonds is 3. The Morgan fingerprint density at radius 2 is 1.70 bits per heavy atom. The predicted molar refractivity (Wildman–Crippen MR) is 132 cm³/mol. The second kappa shape index (κ2) is 8.17. The summed E-state index contributed by atoms with van der Waals surface area (Å²) in [5.41, 5.74) is 6.21. The van der Waals surface area contributed by atoms with Gasteiger partial charge in [-0.2, -0.15) is 0 Å². The number of carbonyl (C=O) groups is 3. The van der Waals surface area contributed by atoms with E-state index < -0.39 is 17.1 Å². The van der Waals surface area contributed by atoms with Crippen molar-refractivity contribution in [2.24, 2.45) is 0 Å². The molecule has 0 radical (unpaired) electrons. The highest BCUT2D eigenvalue weighted by atomic mass is 32.2. The highest BCUT2D eigenvalue weighted by Crippen LogP contribution is 2.49. The molecule has 1 aliphatic carbocycles. The molecule has 1 aliphatic heterocycles. The number of thioether (sulfide) groups is 1. The number of nitrogens with one attached hydrogen (secondary N) is 1. The van der Waals surface area contributed by atoms with Crippen LogP contribution in [0.15, 0.2) is 35.2 Å². The van der Waals surface area contributed by atoms with Gasteiger partial charge in [-0.3, -0.25) is 19.7 Å². The zero-order valence-electron chi connectivity index (χ0n) is 19.9. The smallest absolute Gasteiger partial charge is 0.308 e. The van der Waals surface area contributed by atoms with Crippen LogP contribution >= 0.6 is 11.8 Å². The molecule has 2 aliphatic rings. The SMILES string of the molecule is CC(=O)Oc1cccc(C=C2SC(=O)NC2=O)c1-c1cc2c(cc1C)C(C)(C)CCC2(C)C. The number of ether oxygens (including phenoxy) is 1. The van der Waals surface area contributed by atoms with E-state index in [2.05, 4.69) is 52.1 Å². The van der Waals surface area contributed by atoms with Gasteiger partial charge >= 0.3 is 5.97 Å². The molecule has 1 fully saturated rings. The van der Waals surface area contributed by atoms with E-state index in [1.807, 2.05) is 6.07 Å². The highest BCUT2D eigenvalue weighted by Gasteiger charge is 2.38. The second-order valence-corrected chi connectivity index (χ2v) is 11.2. The third kappa shape index (κ3) is 4.36. The first kappa shape index (κ1) is 23.3. The molecular weight excluding hydrogens is 434 g/mol. The van der Waals surface area contributed by atoms with Crippen LogP contribution in [0.5, 0.6) is 5.75 Å². The van der Waals surface area contributed by atoms with Crippen LogP contribution in [0, 0.1) is 6.92 Å². The average molecular weight is 464 g/mol. The number of esters is 1. The summed E-state index contributed by atoms with van der Waals surface area (Å²) in [6, 6.07) is 9.91. The molecule has 6 heteroatoms. The number of carbonyl (C=O) groups excluding carboxylic acids is 3. The zero-order chi connectivity index (χ0) is 24.1. The molecule has 5 nitrogen and oxygen atoms in total. The van der Waals surface area contributed by atoms with E-state index >= 15 is 0 Å². The van der Waals surface area contributed by atoms with Crippen LogP contribution in [-0.2, 0) is 20.4 Å². The Labute approximate surface area is 199 Å². The number of amides is 2. The van der Waals surface area contributed by atoms with Crippen LogP contribution in [0.1, 0.15) is 69.7 Å². The third-order valence-electron chi connectivity index (χ3n) is 6.71. The monoisotopic (exact) mass is 463 g/mol. The van der Waals surface area contributed by atoms with Gasteiger partial charge in [0.05, 0.1) is 4.91 Å². The van der Waals surface area contributed by atoms with Crippen molar-refractivity contribution in [3.63, 3.8) is 0 Å². The lowest BCUT2D eigenvalue weighted by Crippen LogP contribution is -2.34. The van der Waals surface area contributed by atoms with Crippen LogP contribution in [-0.4, -0.2) is 17.1 Å². The minimum atomic E-state index is -0.418. The zero-order valence-corrected chi connectivity index (χ0v) is 20.7. The number of benzene rings is 2. The fraction of sp³-hybridized carbons (Fsp3) is 0.370. The van der Waals surface area contributed by atoms with Crippen LogP contribution in [0.3, 0.4) is 0 Å². The summed E-state index contributed by atoms with van der Waals surface area (Å²) in [4.78, 5) is 36.1. The predicted octanol–water partition coefficient (Wildman–Crippen LogP) is 6.26. The van der Waals surface area contributed by atoms with Gasteiger partial charge in [0.15, 0.2) is 0 Å². The number of hydrogen-bond acceptors (Lipinski definition) is 5. The molecule has 1 saturated heterocycles. The van der Waals surface area contributed by atoms with E-state index in [1.165, 1.54) is 18.1 Å². The fourth-order valence-electron chi connectivity index (χ4n) is 4.75. The van der Waals surface area contributed by atoms with Gasteiger partial charge in [-0.05, 0) is 88.4 Å². The van der Waals surface area contributed by atoms with E-state index in [9.17, 15) is 14.4 Å². The van der Waals surface area contributed by atoms with Crippen molar-refractivity contribution in [1.29, 1.82) is 0 Å². The largest absolute Gasteiger partial charge is 0.426 e. The minimum absolute atomic E-state index is 0.00984. The molecule has 172 valence electrons. The Morgan fingerprint density at radius 3 is 2.27 bits per heavy atom. The Bertz CT molecular complexity index is 1220. The van der Waals surface area contributed by atoms with E-state index in [0.29, 0.717) is 10.7 Å². The van der Waals surface area contributed by atoms with Crippen molar-refractivity contribution in [3.05, 3.63) is 57.5 Å². The number of hydrogen-bond donors (Lipinski definition) is 1. The lowest BCUT2D eigenvalue weighted by atomic mass is 9.62. The van der Waals surface area contributed by atoms with Crippen molar-refractivity contribution < 1.29 is 19.1 Å². The minimum Gasteiger partial charge on any atom is -0.426 e. The van der Waals surface area contributed by atoms with Crippen LogP contribution < -0.4 is 10.1 Å². The molecule has 0 spiro atoms. The molecule has 33 heavy (non-hydrogen) atoms. The van der Waals surface area contributed by atoms with Crippen LogP contribution in [0.25, 0.3) is 17.2 Å². The maximum Gasteiger partial charge on any atom is 0.308 e. The van der Waals surface area contributed by atoms with Crippen molar-refractivity contribution in [3.8, 4) is 16.9 Å². The van der Waals surface area contributed by atoms with Gasteiger partial charge in [0.1, 0.15) is 5.75 Å². The molecule has 2 aromatic rings. The first-order chi connectivity index (χ1) is 15.4. The quantitative estimate of drug-likeness (QED) is 0.330. The Morgan fingerprint density at radius 1 is 1.06 bits per heavy atom. The van der Waals surface area contributed by atoms with Gasteiger partial charge in [-0.1, -0.05) is 45.9 Å². The molecule has 0 atom stereocenters.